The number of rotatable bonds is 7. The van der Waals surface area contributed by atoms with Gasteiger partial charge >= 0.3 is 6.18 Å². The molecule has 0 saturated heterocycles. The number of halogens is 3. The number of guanidine groups is 1. The fourth-order valence-electron chi connectivity index (χ4n) is 2.20. The van der Waals surface area contributed by atoms with Crippen LogP contribution < -0.4 is 15.4 Å². The monoisotopic (exact) mass is 394 g/mol. The summed E-state index contributed by atoms with van der Waals surface area (Å²) in [7, 11) is -3.37. The van der Waals surface area contributed by atoms with Gasteiger partial charge in [-0.2, -0.15) is 13.2 Å². The van der Waals surface area contributed by atoms with E-state index in [0.717, 1.165) is 18.4 Å². The van der Waals surface area contributed by atoms with E-state index < -0.39 is 27.3 Å². The van der Waals surface area contributed by atoms with E-state index in [4.69, 9.17) is 0 Å². The third-order valence-electron chi connectivity index (χ3n) is 3.18. The van der Waals surface area contributed by atoms with Crippen LogP contribution in [-0.2, 0) is 22.7 Å². The van der Waals surface area contributed by atoms with Gasteiger partial charge in [-0.05, 0) is 38.5 Å². The van der Waals surface area contributed by atoms with Gasteiger partial charge < -0.3 is 10.6 Å². The van der Waals surface area contributed by atoms with Gasteiger partial charge in [0, 0.05) is 18.6 Å². The summed E-state index contributed by atoms with van der Waals surface area (Å²) in [4.78, 5) is 4.26. The van der Waals surface area contributed by atoms with Crippen LogP contribution in [0.4, 0.5) is 13.2 Å². The van der Waals surface area contributed by atoms with Crippen LogP contribution in [0, 0.1) is 0 Å². The van der Waals surface area contributed by atoms with Gasteiger partial charge in [0.2, 0.25) is 10.0 Å². The van der Waals surface area contributed by atoms with Gasteiger partial charge in [0.15, 0.2) is 5.96 Å². The molecule has 0 fully saturated rings. The summed E-state index contributed by atoms with van der Waals surface area (Å²) in [6.07, 6.45) is -3.33. The Morgan fingerprint density at radius 1 is 1.19 bits per heavy atom. The highest BCUT2D eigenvalue weighted by atomic mass is 32.2. The molecular formula is C16H25F3N4O2S. The van der Waals surface area contributed by atoms with E-state index in [1.54, 1.807) is 19.9 Å². The van der Waals surface area contributed by atoms with Crippen LogP contribution in [0.1, 0.15) is 31.9 Å². The van der Waals surface area contributed by atoms with Crippen molar-refractivity contribution in [2.75, 3.05) is 19.3 Å². The molecule has 148 valence electrons. The van der Waals surface area contributed by atoms with Crippen LogP contribution >= 0.6 is 0 Å². The summed E-state index contributed by atoms with van der Waals surface area (Å²) in [5.74, 6) is 0.383. The van der Waals surface area contributed by atoms with Crippen molar-refractivity contribution in [3.8, 4) is 0 Å². The zero-order valence-corrected chi connectivity index (χ0v) is 16.1. The molecule has 0 spiro atoms. The molecule has 0 atom stereocenters. The average molecular weight is 394 g/mol. The van der Waals surface area contributed by atoms with Crippen LogP contribution in [0.3, 0.4) is 0 Å². The summed E-state index contributed by atoms with van der Waals surface area (Å²) in [6.45, 7) is 6.11. The lowest BCUT2D eigenvalue weighted by Gasteiger charge is -2.26. The zero-order valence-electron chi connectivity index (χ0n) is 15.2. The molecule has 0 amide bonds. The third kappa shape index (κ3) is 8.52. The Morgan fingerprint density at radius 2 is 1.85 bits per heavy atom. The van der Waals surface area contributed by atoms with Gasteiger partial charge in [0.1, 0.15) is 0 Å². The van der Waals surface area contributed by atoms with Crippen LogP contribution in [0.2, 0.25) is 0 Å². The van der Waals surface area contributed by atoms with Gasteiger partial charge in [-0.25, -0.2) is 18.1 Å². The molecule has 0 saturated carbocycles. The molecule has 0 heterocycles. The van der Waals surface area contributed by atoms with Gasteiger partial charge in [-0.3, -0.25) is 0 Å². The average Bonchev–Trinajstić information content (AvgIpc) is 2.47. The zero-order chi connectivity index (χ0) is 20.0. The van der Waals surface area contributed by atoms with Crippen molar-refractivity contribution < 1.29 is 21.6 Å². The predicted molar refractivity (Wildman–Crippen MR) is 96.3 cm³/mol. The molecule has 0 unspecified atom stereocenters. The van der Waals surface area contributed by atoms with E-state index >= 15 is 0 Å². The number of sulfonamides is 1. The molecule has 10 heteroatoms. The molecule has 0 aromatic heterocycles. The molecule has 6 nitrogen and oxygen atoms in total. The Kier molecular flexibility index (Phi) is 7.45. The molecule has 0 bridgehead atoms. The van der Waals surface area contributed by atoms with Crippen LogP contribution in [-0.4, -0.2) is 39.3 Å². The van der Waals surface area contributed by atoms with Crippen molar-refractivity contribution in [2.24, 2.45) is 4.99 Å². The molecule has 3 N–H and O–H groups in total. The molecule has 1 rings (SSSR count). The highest BCUT2D eigenvalue weighted by Gasteiger charge is 2.30. The molecule has 1 aromatic carbocycles. The lowest BCUT2D eigenvalue weighted by Crippen LogP contribution is -2.53. The van der Waals surface area contributed by atoms with Crippen LogP contribution in [0.5, 0.6) is 0 Å². The second kappa shape index (κ2) is 8.72. The molecule has 1 aromatic rings. The fourth-order valence-corrected chi connectivity index (χ4v) is 3.28. The summed E-state index contributed by atoms with van der Waals surface area (Å²) in [6, 6.07) is 4.98. The van der Waals surface area contributed by atoms with Crippen molar-refractivity contribution in [1.29, 1.82) is 0 Å². The topological polar surface area (TPSA) is 82.6 Å². The number of alkyl halides is 3. The Hall–Kier alpha value is -1.81. The van der Waals surface area contributed by atoms with Gasteiger partial charge in [-0.15, -0.1) is 0 Å². The number of nitrogens with zero attached hydrogens (tertiary/aromatic N) is 1. The Bertz CT molecular complexity index is 731. The minimum absolute atomic E-state index is 0.0547. The molecule has 0 aliphatic rings. The fraction of sp³-hybridized carbons (Fsp3) is 0.562. The summed E-state index contributed by atoms with van der Waals surface area (Å²) in [5, 5.41) is 5.96. The maximum absolute atomic E-state index is 12.8. The maximum Gasteiger partial charge on any atom is 0.416 e. The molecular weight excluding hydrogens is 369 g/mol. The lowest BCUT2D eigenvalue weighted by molar-refractivity contribution is -0.137. The first kappa shape index (κ1) is 22.2. The van der Waals surface area contributed by atoms with Gasteiger partial charge in [0.25, 0.3) is 0 Å². The number of hydrogen-bond acceptors (Lipinski definition) is 3. The predicted octanol–water partition coefficient (Wildman–Crippen LogP) is 2.09. The Labute approximate surface area is 152 Å². The van der Waals surface area contributed by atoms with Crippen LogP contribution in [0.25, 0.3) is 0 Å². The smallest absolute Gasteiger partial charge is 0.357 e. The molecule has 0 aliphatic carbocycles. The van der Waals surface area contributed by atoms with Crippen molar-refractivity contribution >= 4 is 16.0 Å². The van der Waals surface area contributed by atoms with Crippen molar-refractivity contribution in [1.82, 2.24) is 15.4 Å². The molecule has 0 aliphatic heterocycles. The number of benzene rings is 1. The molecule has 26 heavy (non-hydrogen) atoms. The highest BCUT2D eigenvalue weighted by Crippen LogP contribution is 2.29. The SMILES string of the molecule is CCNC(=NCc1cccc(C(F)(F)F)c1)NCC(C)(C)NS(C)(=O)=O. The van der Waals surface area contributed by atoms with E-state index in [1.807, 2.05) is 6.92 Å². The van der Waals surface area contributed by atoms with E-state index in [0.29, 0.717) is 18.1 Å². The molecule has 0 radical (unpaired) electrons. The quantitative estimate of drug-likeness (QED) is 0.489. The van der Waals surface area contributed by atoms with Crippen LogP contribution in [0.15, 0.2) is 29.3 Å². The van der Waals surface area contributed by atoms with Crippen molar-refractivity contribution in [3.05, 3.63) is 35.4 Å². The standard InChI is InChI=1S/C16H25F3N4O2S/c1-5-20-14(22-11-15(2,3)23-26(4,24)25)21-10-12-7-6-8-13(9-12)16(17,18)19/h6-9,23H,5,10-11H2,1-4H3,(H2,20,21,22). The second-order valence-electron chi connectivity index (χ2n) is 6.50. The summed E-state index contributed by atoms with van der Waals surface area (Å²) < 4.78 is 63.5. The minimum atomic E-state index is -4.40. The summed E-state index contributed by atoms with van der Waals surface area (Å²) >= 11 is 0. The minimum Gasteiger partial charge on any atom is -0.357 e. The van der Waals surface area contributed by atoms with Gasteiger partial charge in [0.05, 0.1) is 18.4 Å². The second-order valence-corrected chi connectivity index (χ2v) is 8.25. The Morgan fingerprint density at radius 3 is 2.38 bits per heavy atom. The Balaban J connectivity index is 2.81. The van der Waals surface area contributed by atoms with E-state index in [9.17, 15) is 21.6 Å². The maximum atomic E-state index is 12.8. The van der Waals surface area contributed by atoms with Crippen molar-refractivity contribution in [2.45, 2.75) is 39.0 Å². The third-order valence-corrected chi connectivity index (χ3v) is 4.10. The number of aliphatic imine (C=N–C) groups is 1. The van der Waals surface area contributed by atoms with Gasteiger partial charge in [-0.1, -0.05) is 12.1 Å². The van der Waals surface area contributed by atoms with Crippen molar-refractivity contribution in [3.63, 3.8) is 0 Å². The number of hydrogen-bond donors (Lipinski definition) is 3. The first-order valence-electron chi connectivity index (χ1n) is 8.00. The van der Waals surface area contributed by atoms with E-state index in [-0.39, 0.29) is 13.1 Å². The normalized spacial score (nSPS) is 13.6. The first-order valence-corrected chi connectivity index (χ1v) is 9.89. The lowest BCUT2D eigenvalue weighted by atomic mass is 10.1. The summed E-state index contributed by atoms with van der Waals surface area (Å²) in [5.41, 5.74) is -1.06. The number of nitrogens with one attached hydrogen (secondary N) is 3. The van der Waals surface area contributed by atoms with E-state index in [2.05, 4.69) is 20.3 Å². The largest absolute Gasteiger partial charge is 0.416 e. The first-order chi connectivity index (χ1) is 11.8. The van der Waals surface area contributed by atoms with E-state index in [1.165, 1.54) is 6.07 Å². The highest BCUT2D eigenvalue weighted by molar-refractivity contribution is 7.88.